The summed E-state index contributed by atoms with van der Waals surface area (Å²) in [6.07, 6.45) is 2.44. The third kappa shape index (κ3) is 8.03. The van der Waals surface area contributed by atoms with E-state index in [1.165, 1.54) is 20.0 Å². The number of esters is 1. The number of hydrazine groups is 2. The van der Waals surface area contributed by atoms with Gasteiger partial charge in [-0.15, -0.1) is 5.53 Å². The number of nitrogens with one attached hydrogen (secondary N) is 4. The Hall–Kier alpha value is -3.50. The average Bonchev–Trinajstić information content (AvgIpc) is 3.71. The number of imide groups is 1. The van der Waals surface area contributed by atoms with Gasteiger partial charge in [-0.05, 0) is 74.6 Å². The number of hydrogen-bond acceptors (Lipinski definition) is 7. The van der Waals surface area contributed by atoms with E-state index >= 15 is 0 Å². The Balaban J connectivity index is 1.57. The number of halogens is 1. The highest BCUT2D eigenvalue weighted by molar-refractivity contribution is 6.30. The number of benzene rings is 2. The van der Waals surface area contributed by atoms with E-state index in [0.29, 0.717) is 16.6 Å². The van der Waals surface area contributed by atoms with Crippen molar-refractivity contribution in [3.8, 4) is 5.75 Å². The van der Waals surface area contributed by atoms with Crippen LogP contribution in [0.1, 0.15) is 32.3 Å². The molecular weight excluding hydrogens is 486 g/mol. The van der Waals surface area contributed by atoms with Crippen LogP contribution in [0.4, 0.5) is 15.3 Å². The summed E-state index contributed by atoms with van der Waals surface area (Å²) in [6.45, 7) is 4.07. The quantitative estimate of drug-likeness (QED) is 0.262. The molecular formula is C25H32ClN5O5. The molecule has 1 aliphatic rings. The predicted molar refractivity (Wildman–Crippen MR) is 136 cm³/mol. The topological polar surface area (TPSA) is 121 Å². The highest BCUT2D eigenvalue weighted by Gasteiger charge is 2.34. The molecule has 0 heterocycles. The first-order chi connectivity index (χ1) is 17.3. The standard InChI is InChI=1S/C25H32ClN5O5/c1-16(23(32)35-3)17(2)31(24(33)27-14-18-6-8-20(26)9-7-18)25(34)29-30-28-21-10-12-22(13-11-21)36-15-19-4-5-19/h6-13,16-17,19,28,30H,4-5,14-15H2,1-3H3,(H,27,33)(H,29,34)/t16-,17+/m0/s1. The number of rotatable bonds is 11. The van der Waals surface area contributed by atoms with Crippen molar-refractivity contribution < 1.29 is 23.9 Å². The first kappa shape index (κ1) is 27.1. The van der Waals surface area contributed by atoms with E-state index < -0.39 is 30.0 Å². The predicted octanol–water partition coefficient (Wildman–Crippen LogP) is 4.08. The van der Waals surface area contributed by atoms with Crippen molar-refractivity contribution in [2.45, 2.75) is 39.3 Å². The third-order valence-electron chi connectivity index (χ3n) is 5.91. The van der Waals surface area contributed by atoms with Crippen LogP contribution in [0, 0.1) is 11.8 Å². The zero-order chi connectivity index (χ0) is 26.1. The first-order valence-corrected chi connectivity index (χ1v) is 12.1. The molecule has 194 valence electrons. The molecule has 11 heteroatoms. The highest BCUT2D eigenvalue weighted by Crippen LogP contribution is 2.29. The molecule has 0 unspecified atom stereocenters. The second-order valence-electron chi connectivity index (χ2n) is 8.67. The number of nitrogens with zero attached hydrogens (tertiary/aromatic N) is 1. The largest absolute Gasteiger partial charge is 0.493 e. The third-order valence-corrected chi connectivity index (χ3v) is 6.16. The van der Waals surface area contributed by atoms with E-state index in [4.69, 9.17) is 21.1 Å². The zero-order valence-electron chi connectivity index (χ0n) is 20.5. The van der Waals surface area contributed by atoms with Crippen molar-refractivity contribution in [1.29, 1.82) is 0 Å². The van der Waals surface area contributed by atoms with E-state index in [9.17, 15) is 14.4 Å². The maximum absolute atomic E-state index is 13.0. The summed E-state index contributed by atoms with van der Waals surface area (Å²) in [5.41, 5.74) is 9.33. The lowest BCUT2D eigenvalue weighted by Crippen LogP contribution is -2.58. The molecule has 2 atom stereocenters. The van der Waals surface area contributed by atoms with Crippen molar-refractivity contribution in [2.24, 2.45) is 11.8 Å². The lowest BCUT2D eigenvalue weighted by Gasteiger charge is -2.30. The van der Waals surface area contributed by atoms with Crippen LogP contribution in [-0.4, -0.2) is 42.7 Å². The van der Waals surface area contributed by atoms with Gasteiger partial charge in [0.2, 0.25) is 0 Å². The highest BCUT2D eigenvalue weighted by atomic mass is 35.5. The van der Waals surface area contributed by atoms with Crippen LogP contribution in [0.25, 0.3) is 0 Å². The summed E-state index contributed by atoms with van der Waals surface area (Å²) in [5, 5.41) is 3.27. The molecule has 3 rings (SSSR count). The lowest BCUT2D eigenvalue weighted by molar-refractivity contribution is -0.146. The van der Waals surface area contributed by atoms with Gasteiger partial charge in [0.15, 0.2) is 0 Å². The molecule has 1 saturated carbocycles. The van der Waals surface area contributed by atoms with Gasteiger partial charge < -0.3 is 20.2 Å². The van der Waals surface area contributed by atoms with Gasteiger partial charge in [-0.1, -0.05) is 23.7 Å². The van der Waals surface area contributed by atoms with Crippen LogP contribution in [0.3, 0.4) is 0 Å². The number of amides is 4. The van der Waals surface area contributed by atoms with Crippen molar-refractivity contribution in [2.75, 3.05) is 19.1 Å². The van der Waals surface area contributed by atoms with Crippen LogP contribution in [0.5, 0.6) is 5.75 Å². The Morgan fingerprint density at radius 3 is 2.31 bits per heavy atom. The van der Waals surface area contributed by atoms with Gasteiger partial charge in [0.1, 0.15) is 5.75 Å². The molecule has 1 fully saturated rings. The molecule has 4 amide bonds. The normalized spacial score (nSPS) is 14.2. The van der Waals surface area contributed by atoms with Gasteiger partial charge in [0.05, 0.1) is 31.4 Å². The van der Waals surface area contributed by atoms with Gasteiger partial charge in [-0.3, -0.25) is 10.2 Å². The fourth-order valence-electron chi connectivity index (χ4n) is 3.28. The SMILES string of the molecule is COC(=O)[C@@H](C)[C@@H](C)N(C(=O)NCc1ccc(Cl)cc1)C(=O)NNNc1ccc(OCC2CC2)cc1. The number of methoxy groups -OCH3 is 1. The molecule has 0 aliphatic heterocycles. The van der Waals surface area contributed by atoms with E-state index in [1.807, 2.05) is 12.1 Å². The smallest absolute Gasteiger partial charge is 0.341 e. The summed E-state index contributed by atoms with van der Waals surface area (Å²) in [5.74, 6) is 0.139. The minimum Gasteiger partial charge on any atom is -0.493 e. The van der Waals surface area contributed by atoms with Crippen LogP contribution in [0.2, 0.25) is 5.02 Å². The molecule has 0 aromatic heterocycles. The van der Waals surface area contributed by atoms with Crippen LogP contribution < -0.4 is 26.4 Å². The molecule has 0 bridgehead atoms. The van der Waals surface area contributed by atoms with Crippen LogP contribution >= 0.6 is 11.6 Å². The van der Waals surface area contributed by atoms with Gasteiger partial charge in [0.25, 0.3) is 0 Å². The molecule has 1 aliphatic carbocycles. The Bertz CT molecular complexity index is 1030. The number of urea groups is 2. The molecule has 2 aromatic rings. The maximum atomic E-state index is 13.0. The van der Waals surface area contributed by atoms with Gasteiger partial charge >= 0.3 is 18.0 Å². The monoisotopic (exact) mass is 517 g/mol. The van der Waals surface area contributed by atoms with E-state index in [0.717, 1.165) is 22.8 Å². The second-order valence-corrected chi connectivity index (χ2v) is 9.10. The van der Waals surface area contributed by atoms with Crippen LogP contribution in [-0.2, 0) is 16.1 Å². The Morgan fingerprint density at radius 2 is 1.69 bits per heavy atom. The lowest BCUT2D eigenvalue weighted by atomic mass is 10.0. The summed E-state index contributed by atoms with van der Waals surface area (Å²) >= 11 is 5.90. The van der Waals surface area contributed by atoms with Crippen molar-refractivity contribution in [1.82, 2.24) is 21.2 Å². The summed E-state index contributed by atoms with van der Waals surface area (Å²) in [7, 11) is 1.25. The number of ether oxygens (including phenoxy) is 2. The van der Waals surface area contributed by atoms with E-state index in [1.54, 1.807) is 50.2 Å². The minimum atomic E-state index is -0.799. The van der Waals surface area contributed by atoms with Gasteiger partial charge in [-0.25, -0.2) is 14.5 Å². The number of anilines is 1. The van der Waals surface area contributed by atoms with Crippen LogP contribution in [0.15, 0.2) is 48.5 Å². The maximum Gasteiger partial charge on any atom is 0.341 e. The summed E-state index contributed by atoms with van der Waals surface area (Å²) < 4.78 is 10.5. The van der Waals surface area contributed by atoms with Gasteiger partial charge in [-0.2, -0.15) is 0 Å². The van der Waals surface area contributed by atoms with Gasteiger partial charge in [0, 0.05) is 11.6 Å². The summed E-state index contributed by atoms with van der Waals surface area (Å²) in [6, 6.07) is 11.9. The molecule has 4 N–H and O–H groups in total. The fraction of sp³-hybridized carbons (Fsp3) is 0.400. The first-order valence-electron chi connectivity index (χ1n) is 11.7. The molecule has 0 spiro atoms. The Labute approximate surface area is 215 Å². The molecule has 2 aromatic carbocycles. The van der Waals surface area contributed by atoms with E-state index in [-0.39, 0.29) is 6.54 Å². The molecule has 0 radical (unpaired) electrons. The zero-order valence-corrected chi connectivity index (χ0v) is 21.3. The van der Waals surface area contributed by atoms with Crippen molar-refractivity contribution in [3.63, 3.8) is 0 Å². The molecule has 36 heavy (non-hydrogen) atoms. The molecule has 0 saturated heterocycles. The Kier molecular flexibility index (Phi) is 9.77. The number of hydrogen-bond donors (Lipinski definition) is 4. The second kappa shape index (κ2) is 13.0. The van der Waals surface area contributed by atoms with Crippen molar-refractivity contribution >= 4 is 35.3 Å². The number of carbonyl (C=O) groups is 3. The minimum absolute atomic E-state index is 0.167. The average molecular weight is 518 g/mol. The Morgan fingerprint density at radius 1 is 1.03 bits per heavy atom. The number of carbonyl (C=O) groups excluding carboxylic acids is 3. The molecule has 10 nitrogen and oxygen atoms in total. The van der Waals surface area contributed by atoms with E-state index in [2.05, 4.69) is 21.7 Å². The fourth-order valence-corrected chi connectivity index (χ4v) is 3.41. The van der Waals surface area contributed by atoms with Crippen molar-refractivity contribution in [3.05, 3.63) is 59.1 Å². The summed E-state index contributed by atoms with van der Waals surface area (Å²) in [4.78, 5) is 38.9.